The van der Waals surface area contributed by atoms with Crippen LogP contribution >= 0.6 is 0 Å². The highest BCUT2D eigenvalue weighted by molar-refractivity contribution is 5.08. The van der Waals surface area contributed by atoms with Gasteiger partial charge in [-0.1, -0.05) is 37.1 Å². The van der Waals surface area contributed by atoms with Gasteiger partial charge in [-0.25, -0.2) is 0 Å². The van der Waals surface area contributed by atoms with E-state index < -0.39 is 0 Å². The quantitative estimate of drug-likeness (QED) is 0.411. The molecule has 0 bridgehead atoms. The predicted octanol–water partition coefficient (Wildman–Crippen LogP) is 2.92. The van der Waals surface area contributed by atoms with Gasteiger partial charge in [-0.2, -0.15) is 0 Å². The molecule has 0 amide bonds. The van der Waals surface area contributed by atoms with Crippen molar-refractivity contribution in [1.82, 2.24) is 0 Å². The zero-order valence-corrected chi connectivity index (χ0v) is 6.72. The smallest absolute Gasteiger partial charge is 0.0272 e. The first kappa shape index (κ1) is 9.04. The molecule has 0 aromatic rings. The third-order valence-corrected chi connectivity index (χ3v) is 1.02. The van der Waals surface area contributed by atoms with Gasteiger partial charge in [0.1, 0.15) is 0 Å². The lowest BCUT2D eigenvalue weighted by atomic mass is 10.3. The molecule has 0 aliphatic heterocycles. The topological polar surface area (TPSA) is 0 Å². The number of allylic oxidation sites excluding steroid dienone is 4. The van der Waals surface area contributed by atoms with Crippen LogP contribution in [0.3, 0.4) is 0 Å². The van der Waals surface area contributed by atoms with E-state index in [0.717, 1.165) is 12.8 Å². The molecule has 0 saturated carbocycles. The van der Waals surface area contributed by atoms with Gasteiger partial charge in [0, 0.05) is 6.42 Å². The molecule has 10 heavy (non-hydrogen) atoms. The molecule has 0 radical (unpaired) electrons. The summed E-state index contributed by atoms with van der Waals surface area (Å²) in [6, 6.07) is 0. The van der Waals surface area contributed by atoms with Crippen LogP contribution in [0.15, 0.2) is 24.3 Å². The molecule has 0 unspecified atom stereocenters. The Morgan fingerprint density at radius 2 is 1.90 bits per heavy atom. The highest BCUT2D eigenvalue weighted by Gasteiger charge is 1.65. The Morgan fingerprint density at radius 1 is 1.20 bits per heavy atom. The maximum atomic E-state index is 2.95. The van der Waals surface area contributed by atoms with Crippen LogP contribution in [0.5, 0.6) is 0 Å². The fourth-order valence-corrected chi connectivity index (χ4v) is 0.522. The molecule has 0 aliphatic rings. The van der Waals surface area contributed by atoms with Gasteiger partial charge >= 0.3 is 0 Å². The first-order valence-corrected chi connectivity index (χ1v) is 3.63. The molecule has 0 aromatic carbocycles. The van der Waals surface area contributed by atoms with Crippen LogP contribution in [-0.4, -0.2) is 0 Å². The van der Waals surface area contributed by atoms with E-state index in [4.69, 9.17) is 0 Å². The van der Waals surface area contributed by atoms with Crippen molar-refractivity contribution in [2.45, 2.75) is 26.7 Å². The van der Waals surface area contributed by atoms with Crippen LogP contribution < -0.4 is 0 Å². The lowest BCUT2D eigenvalue weighted by Crippen LogP contribution is -1.56. The van der Waals surface area contributed by atoms with Crippen molar-refractivity contribution < 1.29 is 0 Å². The maximum absolute atomic E-state index is 2.95. The number of rotatable bonds is 3. The van der Waals surface area contributed by atoms with E-state index >= 15 is 0 Å². The van der Waals surface area contributed by atoms with Crippen LogP contribution in [0.25, 0.3) is 0 Å². The Hall–Kier alpha value is -0.960. The standard InChI is InChI=1S/C10H14/c1-3-5-7-9-10-8-6-4-2/h5,7,9-10H,3,8H2,1-2H3/b7-5-,10-9-. The fourth-order valence-electron chi connectivity index (χ4n) is 0.522. The summed E-state index contributed by atoms with van der Waals surface area (Å²) in [5.41, 5.74) is 0. The molecule has 0 heterocycles. The van der Waals surface area contributed by atoms with E-state index in [1.54, 1.807) is 0 Å². The predicted molar refractivity (Wildman–Crippen MR) is 46.6 cm³/mol. The molecule has 54 valence electrons. The summed E-state index contributed by atoms with van der Waals surface area (Å²) in [7, 11) is 0. The van der Waals surface area contributed by atoms with Crippen molar-refractivity contribution in [3.8, 4) is 11.8 Å². The molecule has 0 aliphatic carbocycles. The number of hydrogen-bond acceptors (Lipinski definition) is 0. The zero-order valence-electron chi connectivity index (χ0n) is 6.72. The molecule has 0 fully saturated rings. The molecule has 0 N–H and O–H groups in total. The average Bonchev–Trinajstić information content (AvgIpc) is 1.97. The summed E-state index contributed by atoms with van der Waals surface area (Å²) in [6.45, 7) is 3.98. The highest BCUT2D eigenvalue weighted by atomic mass is 13.7. The van der Waals surface area contributed by atoms with Gasteiger partial charge < -0.3 is 0 Å². The largest absolute Gasteiger partial charge is 0.106 e. The summed E-state index contributed by atoms with van der Waals surface area (Å²) >= 11 is 0. The van der Waals surface area contributed by atoms with E-state index in [1.165, 1.54) is 0 Å². The summed E-state index contributed by atoms with van der Waals surface area (Å²) in [5, 5.41) is 0. The number of hydrogen-bond donors (Lipinski definition) is 0. The molecule has 0 heteroatoms. The summed E-state index contributed by atoms with van der Waals surface area (Å²) < 4.78 is 0. The third kappa shape index (κ3) is 7.04. The molecule has 0 nitrogen and oxygen atoms in total. The van der Waals surface area contributed by atoms with Crippen LogP contribution in [0.1, 0.15) is 26.7 Å². The van der Waals surface area contributed by atoms with Crippen molar-refractivity contribution in [3.63, 3.8) is 0 Å². The second kappa shape index (κ2) is 8.04. The molecular formula is C10H14. The van der Waals surface area contributed by atoms with Gasteiger partial charge in [0.15, 0.2) is 0 Å². The Morgan fingerprint density at radius 3 is 2.50 bits per heavy atom. The minimum Gasteiger partial charge on any atom is -0.106 e. The van der Waals surface area contributed by atoms with Gasteiger partial charge in [0.2, 0.25) is 0 Å². The summed E-state index contributed by atoms with van der Waals surface area (Å²) in [4.78, 5) is 0. The monoisotopic (exact) mass is 134 g/mol. The maximum Gasteiger partial charge on any atom is 0.0272 e. The van der Waals surface area contributed by atoms with Gasteiger partial charge in [-0.15, -0.1) is 5.92 Å². The first-order valence-electron chi connectivity index (χ1n) is 3.63. The Balaban J connectivity index is 3.34. The normalized spacial score (nSPS) is 10.2. The van der Waals surface area contributed by atoms with Crippen LogP contribution in [0.4, 0.5) is 0 Å². The zero-order chi connectivity index (χ0) is 7.66. The van der Waals surface area contributed by atoms with Crippen molar-refractivity contribution in [2.75, 3.05) is 0 Å². The van der Waals surface area contributed by atoms with Crippen LogP contribution in [-0.2, 0) is 0 Å². The lowest BCUT2D eigenvalue weighted by Gasteiger charge is -1.75. The van der Waals surface area contributed by atoms with E-state index in [-0.39, 0.29) is 0 Å². The Bertz CT molecular complexity index is 162. The van der Waals surface area contributed by atoms with Crippen molar-refractivity contribution >= 4 is 0 Å². The highest BCUT2D eigenvalue weighted by Crippen LogP contribution is 1.84. The van der Waals surface area contributed by atoms with Crippen molar-refractivity contribution in [2.24, 2.45) is 0 Å². The SMILES string of the molecule is CC#CC/C=C\C=C/CC. The second-order valence-corrected chi connectivity index (χ2v) is 1.90. The van der Waals surface area contributed by atoms with Crippen LogP contribution in [0, 0.1) is 11.8 Å². The van der Waals surface area contributed by atoms with E-state index in [9.17, 15) is 0 Å². The summed E-state index contributed by atoms with van der Waals surface area (Å²) in [6.07, 6.45) is 10.2. The van der Waals surface area contributed by atoms with Gasteiger partial charge in [0.25, 0.3) is 0 Å². The second-order valence-electron chi connectivity index (χ2n) is 1.90. The van der Waals surface area contributed by atoms with Crippen molar-refractivity contribution in [3.05, 3.63) is 24.3 Å². The van der Waals surface area contributed by atoms with Crippen LogP contribution in [0.2, 0.25) is 0 Å². The van der Waals surface area contributed by atoms with Gasteiger partial charge in [0.05, 0.1) is 0 Å². The Kier molecular flexibility index (Phi) is 7.27. The minimum absolute atomic E-state index is 0.866. The summed E-state index contributed by atoms with van der Waals surface area (Å²) in [5.74, 6) is 5.79. The molecule has 0 spiro atoms. The molecule has 0 atom stereocenters. The van der Waals surface area contributed by atoms with Crippen molar-refractivity contribution in [1.29, 1.82) is 0 Å². The Labute approximate surface area is 63.6 Å². The molecular weight excluding hydrogens is 120 g/mol. The third-order valence-electron chi connectivity index (χ3n) is 1.02. The minimum atomic E-state index is 0.866. The van der Waals surface area contributed by atoms with E-state index in [1.807, 2.05) is 13.0 Å². The fraction of sp³-hybridized carbons (Fsp3) is 0.400. The van der Waals surface area contributed by atoms with E-state index in [2.05, 4.69) is 37.0 Å². The molecule has 0 rings (SSSR count). The molecule has 0 saturated heterocycles. The van der Waals surface area contributed by atoms with E-state index in [0.29, 0.717) is 0 Å². The molecule has 0 aromatic heterocycles. The van der Waals surface area contributed by atoms with Gasteiger partial charge in [-0.3, -0.25) is 0 Å². The average molecular weight is 134 g/mol. The van der Waals surface area contributed by atoms with Gasteiger partial charge in [-0.05, 0) is 13.3 Å². The lowest BCUT2D eigenvalue weighted by molar-refractivity contribution is 1.22. The first-order chi connectivity index (χ1) is 4.91.